The normalized spacial score (nSPS) is 17.8. The number of carbonyl (C=O) groups is 4. The third kappa shape index (κ3) is 10.7. The van der Waals surface area contributed by atoms with E-state index >= 15 is 4.39 Å². The maximum atomic E-state index is 15.7. The van der Waals surface area contributed by atoms with Crippen LogP contribution in [0.25, 0.3) is 0 Å². The Hall–Kier alpha value is -4.19. The van der Waals surface area contributed by atoms with Gasteiger partial charge in [-0.3, -0.25) is 9.59 Å². The van der Waals surface area contributed by atoms with Gasteiger partial charge in [0.05, 0.1) is 5.69 Å². The third-order valence-electron chi connectivity index (χ3n) is 8.92. The number of rotatable bonds is 10. The summed E-state index contributed by atoms with van der Waals surface area (Å²) in [6.07, 6.45) is 2.96. The average molecular weight is 668 g/mol. The molecule has 1 aliphatic carbocycles. The number of ether oxygens (including phenoxy) is 2. The molecule has 2 aliphatic rings. The Morgan fingerprint density at radius 2 is 1.58 bits per heavy atom. The summed E-state index contributed by atoms with van der Waals surface area (Å²) in [4.78, 5) is 56.6. The maximum absolute atomic E-state index is 15.7. The number of alkyl carbamates (subject to hydrolysis) is 2. The van der Waals surface area contributed by atoms with Gasteiger partial charge < -0.3 is 35.2 Å². The van der Waals surface area contributed by atoms with E-state index in [4.69, 9.17) is 9.47 Å². The highest BCUT2D eigenvalue weighted by molar-refractivity contribution is 5.97. The van der Waals surface area contributed by atoms with Crippen molar-refractivity contribution < 1.29 is 33.0 Å². The van der Waals surface area contributed by atoms with Crippen molar-refractivity contribution in [1.29, 1.82) is 0 Å². The lowest BCUT2D eigenvalue weighted by Gasteiger charge is -2.36. The van der Waals surface area contributed by atoms with Crippen LogP contribution >= 0.6 is 0 Å². The summed E-state index contributed by atoms with van der Waals surface area (Å²) in [7, 11) is 1.98. The van der Waals surface area contributed by atoms with E-state index in [1.54, 1.807) is 38.7 Å². The minimum Gasteiger partial charge on any atom is -0.445 e. The Bertz CT molecular complexity index is 1400. The zero-order valence-electron chi connectivity index (χ0n) is 28.7. The first kappa shape index (κ1) is 36.6. The number of benzene rings is 2. The van der Waals surface area contributed by atoms with E-state index in [0.29, 0.717) is 31.7 Å². The van der Waals surface area contributed by atoms with Crippen molar-refractivity contribution in [2.24, 2.45) is 5.92 Å². The van der Waals surface area contributed by atoms with Crippen LogP contribution < -0.4 is 16.0 Å². The number of amides is 4. The van der Waals surface area contributed by atoms with Crippen LogP contribution in [0, 0.1) is 11.7 Å². The monoisotopic (exact) mass is 667 g/mol. The number of nitrogens with zero attached hydrogens (tertiary/aromatic N) is 2. The molecule has 2 fully saturated rings. The second-order valence-electron chi connectivity index (χ2n) is 13.9. The summed E-state index contributed by atoms with van der Waals surface area (Å²) in [5.41, 5.74) is 0.444. The van der Waals surface area contributed by atoms with Crippen molar-refractivity contribution in [3.8, 4) is 0 Å². The maximum Gasteiger partial charge on any atom is 0.408 e. The molecule has 2 aromatic rings. The zero-order chi connectivity index (χ0) is 34.8. The van der Waals surface area contributed by atoms with Gasteiger partial charge in [0, 0.05) is 32.1 Å². The summed E-state index contributed by atoms with van der Waals surface area (Å²) in [5.74, 6) is -2.26. The summed E-state index contributed by atoms with van der Waals surface area (Å²) in [5, 5.41) is 8.12. The standard InChI is InChI=1S/C36H50FN5O6/c1-24(30(39-35(46)48-36(2,3)4)33(44)42-20-18-41(5)19-21-42)27-16-17-29(28(37)22-27)38-32(43)31(26-14-10-7-11-15-26)40-34(45)47-23-25-12-8-6-9-13-25/h6,8-9,12-13,16-17,22,24,26,30-31H,7,10-11,14-15,18-21,23H2,1-5H3,(H,38,43)(H,39,46)(H,40,45). The average Bonchev–Trinajstić information content (AvgIpc) is 3.06. The van der Waals surface area contributed by atoms with E-state index in [9.17, 15) is 19.2 Å². The van der Waals surface area contributed by atoms with E-state index < -0.39 is 47.5 Å². The van der Waals surface area contributed by atoms with Gasteiger partial charge in [-0.15, -0.1) is 0 Å². The van der Waals surface area contributed by atoms with Crippen LogP contribution in [-0.2, 0) is 25.7 Å². The molecule has 48 heavy (non-hydrogen) atoms. The molecule has 3 atom stereocenters. The molecule has 4 rings (SSSR count). The Morgan fingerprint density at radius 3 is 2.21 bits per heavy atom. The van der Waals surface area contributed by atoms with Gasteiger partial charge in [-0.2, -0.15) is 0 Å². The number of hydrogen-bond acceptors (Lipinski definition) is 7. The van der Waals surface area contributed by atoms with Crippen LogP contribution in [0.3, 0.4) is 0 Å². The second kappa shape index (κ2) is 16.8. The predicted molar refractivity (Wildman–Crippen MR) is 181 cm³/mol. The summed E-state index contributed by atoms with van der Waals surface area (Å²) in [6, 6.07) is 11.6. The minimum atomic E-state index is -1.01. The molecular formula is C36H50FN5O6. The van der Waals surface area contributed by atoms with Crippen molar-refractivity contribution >= 4 is 29.7 Å². The topological polar surface area (TPSA) is 129 Å². The van der Waals surface area contributed by atoms with Crippen LogP contribution in [0.2, 0.25) is 0 Å². The predicted octanol–water partition coefficient (Wildman–Crippen LogP) is 5.41. The quantitative estimate of drug-likeness (QED) is 0.309. The molecule has 1 heterocycles. The minimum absolute atomic E-state index is 0.0566. The van der Waals surface area contributed by atoms with E-state index in [2.05, 4.69) is 20.9 Å². The SMILES string of the molecule is CC(c1ccc(NC(=O)C(NC(=O)OCc2ccccc2)C2CCCCC2)c(F)c1)C(NC(=O)OC(C)(C)C)C(=O)N1CCN(C)CC1. The molecule has 4 amide bonds. The van der Waals surface area contributed by atoms with Crippen molar-refractivity contribution in [2.75, 3.05) is 38.5 Å². The first-order valence-electron chi connectivity index (χ1n) is 16.8. The van der Waals surface area contributed by atoms with Crippen LogP contribution in [0.4, 0.5) is 19.7 Å². The van der Waals surface area contributed by atoms with Crippen LogP contribution in [0.15, 0.2) is 48.5 Å². The fraction of sp³-hybridized carbons (Fsp3) is 0.556. The van der Waals surface area contributed by atoms with Crippen LogP contribution in [0.1, 0.15) is 76.8 Å². The molecule has 11 nitrogen and oxygen atoms in total. The second-order valence-corrected chi connectivity index (χ2v) is 13.9. The van der Waals surface area contributed by atoms with E-state index in [0.717, 1.165) is 37.7 Å². The lowest BCUT2D eigenvalue weighted by atomic mass is 9.83. The highest BCUT2D eigenvalue weighted by Crippen LogP contribution is 2.29. The number of hydrogen-bond donors (Lipinski definition) is 3. The Labute approximate surface area is 282 Å². The number of nitrogens with one attached hydrogen (secondary N) is 3. The fourth-order valence-corrected chi connectivity index (χ4v) is 6.13. The van der Waals surface area contributed by atoms with E-state index in [1.807, 2.05) is 37.4 Å². The van der Waals surface area contributed by atoms with Crippen LogP contribution in [-0.4, -0.2) is 84.7 Å². The van der Waals surface area contributed by atoms with Gasteiger partial charge in [0.2, 0.25) is 11.8 Å². The van der Waals surface area contributed by atoms with Crippen LogP contribution in [0.5, 0.6) is 0 Å². The smallest absolute Gasteiger partial charge is 0.408 e. The Kier molecular flexibility index (Phi) is 12.8. The molecule has 0 bridgehead atoms. The molecule has 0 aromatic heterocycles. The molecule has 0 spiro atoms. The van der Waals surface area contributed by atoms with E-state index in [1.165, 1.54) is 12.1 Å². The third-order valence-corrected chi connectivity index (χ3v) is 8.92. The van der Waals surface area contributed by atoms with Crippen molar-refractivity contribution in [3.05, 3.63) is 65.5 Å². The summed E-state index contributed by atoms with van der Waals surface area (Å²) >= 11 is 0. The number of piperazine rings is 1. The lowest BCUT2D eigenvalue weighted by molar-refractivity contribution is -0.135. The molecule has 1 saturated carbocycles. The number of carbonyl (C=O) groups excluding carboxylic acids is 4. The van der Waals surface area contributed by atoms with Crippen molar-refractivity contribution in [2.45, 2.75) is 90.0 Å². The van der Waals surface area contributed by atoms with Gasteiger partial charge in [-0.05, 0) is 69.8 Å². The largest absolute Gasteiger partial charge is 0.445 e. The highest BCUT2D eigenvalue weighted by atomic mass is 19.1. The summed E-state index contributed by atoms with van der Waals surface area (Å²) < 4.78 is 26.5. The molecule has 1 aliphatic heterocycles. The molecule has 3 N–H and O–H groups in total. The molecule has 262 valence electrons. The number of anilines is 1. The van der Waals surface area contributed by atoms with Gasteiger partial charge in [0.1, 0.15) is 30.1 Å². The first-order chi connectivity index (χ1) is 22.8. The van der Waals surface area contributed by atoms with Gasteiger partial charge >= 0.3 is 12.2 Å². The molecule has 2 aromatic carbocycles. The lowest BCUT2D eigenvalue weighted by Crippen LogP contribution is -2.56. The number of likely N-dealkylation sites (N-methyl/N-ethyl adjacent to an activating group) is 1. The van der Waals surface area contributed by atoms with Crippen molar-refractivity contribution in [1.82, 2.24) is 20.4 Å². The first-order valence-corrected chi connectivity index (χ1v) is 16.8. The van der Waals surface area contributed by atoms with Crippen molar-refractivity contribution in [3.63, 3.8) is 0 Å². The van der Waals surface area contributed by atoms with Gasteiger partial charge in [-0.1, -0.05) is 62.6 Å². The molecule has 0 radical (unpaired) electrons. The Morgan fingerprint density at radius 1 is 0.917 bits per heavy atom. The molecule has 3 unspecified atom stereocenters. The summed E-state index contributed by atoms with van der Waals surface area (Å²) in [6.45, 7) is 9.41. The van der Waals surface area contributed by atoms with Gasteiger partial charge in [-0.25, -0.2) is 14.0 Å². The highest BCUT2D eigenvalue weighted by Gasteiger charge is 2.35. The fourth-order valence-electron chi connectivity index (χ4n) is 6.13. The van der Waals surface area contributed by atoms with E-state index in [-0.39, 0.29) is 24.1 Å². The molecule has 12 heteroatoms. The van der Waals surface area contributed by atoms with Gasteiger partial charge in [0.25, 0.3) is 0 Å². The molecule has 1 saturated heterocycles. The van der Waals surface area contributed by atoms with Gasteiger partial charge in [0.15, 0.2) is 0 Å². The Balaban J connectivity index is 1.48. The molecular weight excluding hydrogens is 617 g/mol. The number of halogens is 1. The zero-order valence-corrected chi connectivity index (χ0v) is 28.7.